The number of aliphatic hydroxyl groups is 1. The van der Waals surface area contributed by atoms with Crippen molar-refractivity contribution in [3.05, 3.63) is 11.9 Å². The molecular formula is C12H23N5O2. The molecule has 1 aromatic rings. The first-order valence-electron chi connectivity index (χ1n) is 6.43. The molecule has 1 aromatic heterocycles. The van der Waals surface area contributed by atoms with E-state index in [9.17, 15) is 4.79 Å². The van der Waals surface area contributed by atoms with Crippen molar-refractivity contribution in [3.63, 3.8) is 0 Å². The molecule has 0 fully saturated rings. The van der Waals surface area contributed by atoms with Crippen LogP contribution in [0.15, 0.2) is 6.20 Å². The van der Waals surface area contributed by atoms with E-state index in [4.69, 9.17) is 10.8 Å². The quantitative estimate of drug-likeness (QED) is 0.598. The topological polar surface area (TPSA) is 106 Å². The minimum Gasteiger partial charge on any atom is -0.396 e. The Labute approximate surface area is 113 Å². The number of carbonyl (C=O) groups is 1. The highest BCUT2D eigenvalue weighted by molar-refractivity contribution is 5.75. The van der Waals surface area contributed by atoms with E-state index in [1.54, 1.807) is 6.20 Å². The smallest absolute Gasteiger partial charge is 0.241 e. The van der Waals surface area contributed by atoms with E-state index in [-0.39, 0.29) is 24.5 Å². The number of nitrogens with two attached hydrogens (primary N) is 1. The van der Waals surface area contributed by atoms with E-state index >= 15 is 0 Å². The van der Waals surface area contributed by atoms with E-state index in [1.807, 2.05) is 0 Å². The van der Waals surface area contributed by atoms with Crippen LogP contribution >= 0.6 is 0 Å². The fraction of sp³-hybridized carbons (Fsp3) is 0.750. The van der Waals surface area contributed by atoms with Crippen LogP contribution in [-0.2, 0) is 17.9 Å². The first-order valence-corrected chi connectivity index (χ1v) is 6.43. The van der Waals surface area contributed by atoms with Gasteiger partial charge in [-0.25, -0.2) is 4.68 Å². The lowest BCUT2D eigenvalue weighted by atomic mass is 9.88. The average molecular weight is 269 g/mol. The van der Waals surface area contributed by atoms with Gasteiger partial charge in [0.2, 0.25) is 5.91 Å². The Morgan fingerprint density at radius 2 is 2.32 bits per heavy atom. The summed E-state index contributed by atoms with van der Waals surface area (Å²) in [4.78, 5) is 11.8. The number of aliphatic hydroxyl groups excluding tert-OH is 1. The van der Waals surface area contributed by atoms with Gasteiger partial charge in [-0.05, 0) is 18.3 Å². The summed E-state index contributed by atoms with van der Waals surface area (Å²) in [6, 6.07) is 0. The lowest BCUT2D eigenvalue weighted by Gasteiger charge is -2.24. The minimum absolute atomic E-state index is 0.0246. The number of hydrogen-bond donors (Lipinski definition) is 3. The van der Waals surface area contributed by atoms with Crippen LogP contribution in [0.2, 0.25) is 0 Å². The molecule has 4 N–H and O–H groups in total. The van der Waals surface area contributed by atoms with E-state index < -0.39 is 0 Å². The van der Waals surface area contributed by atoms with Crippen LogP contribution < -0.4 is 11.1 Å². The van der Waals surface area contributed by atoms with Crippen molar-refractivity contribution in [2.24, 2.45) is 11.1 Å². The summed E-state index contributed by atoms with van der Waals surface area (Å²) in [6.45, 7) is 5.33. The SMILES string of the molecule is CC(C)(CCCO)CNC(=O)Cn1cc(CN)nn1. The Kier molecular flexibility index (Phi) is 5.91. The van der Waals surface area contributed by atoms with Gasteiger partial charge < -0.3 is 16.2 Å². The maximum Gasteiger partial charge on any atom is 0.241 e. The summed E-state index contributed by atoms with van der Waals surface area (Å²) in [5.41, 5.74) is 6.06. The first-order chi connectivity index (χ1) is 8.96. The van der Waals surface area contributed by atoms with Gasteiger partial charge in [-0.15, -0.1) is 5.10 Å². The maximum absolute atomic E-state index is 11.8. The van der Waals surface area contributed by atoms with E-state index in [2.05, 4.69) is 29.5 Å². The lowest BCUT2D eigenvalue weighted by molar-refractivity contribution is -0.122. The van der Waals surface area contributed by atoms with E-state index in [0.717, 1.165) is 12.8 Å². The van der Waals surface area contributed by atoms with Gasteiger partial charge in [0.1, 0.15) is 6.54 Å². The van der Waals surface area contributed by atoms with Crippen LogP contribution in [0.1, 0.15) is 32.4 Å². The first kappa shape index (κ1) is 15.6. The van der Waals surface area contributed by atoms with Crippen molar-refractivity contribution in [1.82, 2.24) is 20.3 Å². The number of amides is 1. The zero-order valence-electron chi connectivity index (χ0n) is 11.6. The van der Waals surface area contributed by atoms with Gasteiger partial charge in [-0.2, -0.15) is 0 Å². The number of hydrogen-bond acceptors (Lipinski definition) is 5. The van der Waals surface area contributed by atoms with Gasteiger partial charge in [-0.1, -0.05) is 19.1 Å². The van der Waals surface area contributed by atoms with Gasteiger partial charge >= 0.3 is 0 Å². The monoisotopic (exact) mass is 269 g/mol. The molecule has 0 aliphatic rings. The average Bonchev–Trinajstić information content (AvgIpc) is 2.82. The van der Waals surface area contributed by atoms with Crippen molar-refractivity contribution in [1.29, 1.82) is 0 Å². The van der Waals surface area contributed by atoms with E-state index in [0.29, 0.717) is 18.8 Å². The molecule has 0 unspecified atom stereocenters. The number of nitrogens with zero attached hydrogens (tertiary/aromatic N) is 3. The van der Waals surface area contributed by atoms with Crippen LogP contribution in [-0.4, -0.2) is 39.2 Å². The normalized spacial score (nSPS) is 11.6. The van der Waals surface area contributed by atoms with Crippen molar-refractivity contribution < 1.29 is 9.90 Å². The van der Waals surface area contributed by atoms with Crippen molar-refractivity contribution in [2.45, 2.75) is 39.8 Å². The highest BCUT2D eigenvalue weighted by Crippen LogP contribution is 2.20. The van der Waals surface area contributed by atoms with Gasteiger partial charge in [0.05, 0.1) is 11.9 Å². The molecule has 0 spiro atoms. The zero-order valence-corrected chi connectivity index (χ0v) is 11.6. The van der Waals surface area contributed by atoms with Crippen LogP contribution in [0.4, 0.5) is 0 Å². The second-order valence-corrected chi connectivity index (χ2v) is 5.38. The molecule has 0 saturated heterocycles. The summed E-state index contributed by atoms with van der Waals surface area (Å²) < 4.78 is 1.47. The molecule has 0 aliphatic carbocycles. The van der Waals surface area contributed by atoms with Crippen LogP contribution in [0, 0.1) is 5.41 Å². The van der Waals surface area contributed by atoms with Gasteiger partial charge in [-0.3, -0.25) is 4.79 Å². The molecule has 19 heavy (non-hydrogen) atoms. The third-order valence-corrected chi connectivity index (χ3v) is 2.88. The number of nitrogens with one attached hydrogen (secondary N) is 1. The molecule has 1 rings (SSSR count). The predicted molar refractivity (Wildman–Crippen MR) is 71.0 cm³/mol. The van der Waals surface area contributed by atoms with Crippen molar-refractivity contribution >= 4 is 5.91 Å². The molecule has 0 radical (unpaired) electrons. The molecule has 7 heteroatoms. The largest absolute Gasteiger partial charge is 0.396 e. The van der Waals surface area contributed by atoms with Gasteiger partial charge in [0.15, 0.2) is 0 Å². The summed E-state index contributed by atoms with van der Waals surface area (Å²) in [5.74, 6) is -0.106. The van der Waals surface area contributed by atoms with Crippen LogP contribution in [0.3, 0.4) is 0 Å². The summed E-state index contributed by atoms with van der Waals surface area (Å²) in [6.07, 6.45) is 3.27. The Bertz CT molecular complexity index is 403. The Morgan fingerprint density at radius 3 is 2.89 bits per heavy atom. The number of carbonyl (C=O) groups excluding carboxylic acids is 1. The summed E-state index contributed by atoms with van der Waals surface area (Å²) in [7, 11) is 0. The van der Waals surface area contributed by atoms with Gasteiger partial charge in [0.25, 0.3) is 0 Å². The van der Waals surface area contributed by atoms with Crippen LogP contribution in [0.25, 0.3) is 0 Å². The second-order valence-electron chi connectivity index (χ2n) is 5.38. The molecular weight excluding hydrogens is 246 g/mol. The Balaban J connectivity index is 2.35. The molecule has 0 aliphatic heterocycles. The lowest BCUT2D eigenvalue weighted by Crippen LogP contribution is -2.36. The molecule has 1 heterocycles. The Hall–Kier alpha value is -1.47. The third-order valence-electron chi connectivity index (χ3n) is 2.88. The van der Waals surface area contributed by atoms with Gasteiger partial charge in [0, 0.05) is 19.7 Å². The summed E-state index contributed by atoms with van der Waals surface area (Å²) in [5, 5.41) is 19.3. The van der Waals surface area contributed by atoms with Crippen LogP contribution in [0.5, 0.6) is 0 Å². The highest BCUT2D eigenvalue weighted by atomic mass is 16.2. The Morgan fingerprint density at radius 1 is 1.58 bits per heavy atom. The minimum atomic E-state index is -0.106. The molecule has 108 valence electrons. The standard InChI is InChI=1S/C12H23N5O2/c1-12(2,4-3-5-18)9-14-11(19)8-17-7-10(6-13)15-16-17/h7,18H,3-6,8-9,13H2,1-2H3,(H,14,19). The van der Waals surface area contributed by atoms with Crippen molar-refractivity contribution in [2.75, 3.05) is 13.2 Å². The molecule has 0 bridgehead atoms. The molecule has 7 nitrogen and oxygen atoms in total. The highest BCUT2D eigenvalue weighted by Gasteiger charge is 2.18. The molecule has 0 aromatic carbocycles. The maximum atomic E-state index is 11.8. The fourth-order valence-corrected chi connectivity index (χ4v) is 1.70. The molecule has 0 atom stereocenters. The predicted octanol–water partition coefficient (Wildman–Crippen LogP) is -0.348. The van der Waals surface area contributed by atoms with Crippen molar-refractivity contribution in [3.8, 4) is 0 Å². The number of aromatic nitrogens is 3. The molecule has 1 amide bonds. The fourth-order valence-electron chi connectivity index (χ4n) is 1.70. The van der Waals surface area contributed by atoms with E-state index in [1.165, 1.54) is 4.68 Å². The number of rotatable bonds is 8. The third kappa shape index (κ3) is 5.80. The second kappa shape index (κ2) is 7.20. The molecule has 0 saturated carbocycles. The summed E-state index contributed by atoms with van der Waals surface area (Å²) >= 11 is 0. The zero-order chi connectivity index (χ0) is 14.3.